The van der Waals surface area contributed by atoms with Crippen LogP contribution in [-0.2, 0) is 0 Å². The number of benzene rings is 1. The van der Waals surface area contributed by atoms with Crippen LogP contribution in [0.15, 0.2) is 29.2 Å². The van der Waals surface area contributed by atoms with Crippen LogP contribution >= 0.6 is 11.8 Å². The Labute approximate surface area is 116 Å². The van der Waals surface area contributed by atoms with E-state index in [0.717, 1.165) is 17.6 Å². The Morgan fingerprint density at radius 2 is 1.94 bits per heavy atom. The van der Waals surface area contributed by atoms with Crippen molar-refractivity contribution in [2.45, 2.75) is 51.0 Å². The second-order valence-electron chi connectivity index (χ2n) is 5.54. The fourth-order valence-corrected chi connectivity index (χ4v) is 3.53. The first-order valence-corrected chi connectivity index (χ1v) is 8.17. The summed E-state index contributed by atoms with van der Waals surface area (Å²) in [4.78, 5) is 1.39. The van der Waals surface area contributed by atoms with Crippen LogP contribution < -0.4 is 5.32 Å². The Morgan fingerprint density at radius 1 is 1.17 bits per heavy atom. The molecule has 1 aromatic carbocycles. The summed E-state index contributed by atoms with van der Waals surface area (Å²) in [5.74, 6) is 2.88. The second-order valence-corrected chi connectivity index (χ2v) is 6.84. The first kappa shape index (κ1) is 13.8. The summed E-state index contributed by atoms with van der Waals surface area (Å²) in [6, 6.07) is 9.38. The van der Waals surface area contributed by atoms with Crippen molar-refractivity contribution in [2.24, 2.45) is 11.8 Å². The van der Waals surface area contributed by atoms with Crippen LogP contribution in [0.5, 0.6) is 0 Å². The molecule has 0 spiro atoms. The standard InChI is InChI=1S/C16H25NS/c1-4-18-16-8-6-5-7-15(16)17-14-10-9-12(2)13(3)11-14/h5-8,12-14,17H,4,9-11H2,1-3H3. The fourth-order valence-electron chi connectivity index (χ4n) is 2.77. The van der Waals surface area contributed by atoms with Crippen LogP contribution in [-0.4, -0.2) is 11.8 Å². The van der Waals surface area contributed by atoms with Crippen LogP contribution in [0, 0.1) is 11.8 Å². The van der Waals surface area contributed by atoms with Crippen molar-refractivity contribution in [1.29, 1.82) is 0 Å². The van der Waals surface area contributed by atoms with Gasteiger partial charge in [0, 0.05) is 16.6 Å². The molecule has 1 fully saturated rings. The number of thioether (sulfide) groups is 1. The van der Waals surface area contributed by atoms with Crippen LogP contribution in [0.1, 0.15) is 40.0 Å². The Bertz CT molecular complexity index is 377. The third kappa shape index (κ3) is 3.44. The summed E-state index contributed by atoms with van der Waals surface area (Å²) in [5, 5.41) is 3.76. The molecule has 1 aliphatic rings. The number of hydrogen-bond donors (Lipinski definition) is 1. The van der Waals surface area contributed by atoms with E-state index in [9.17, 15) is 0 Å². The molecule has 0 heterocycles. The summed E-state index contributed by atoms with van der Waals surface area (Å²) in [7, 11) is 0. The van der Waals surface area contributed by atoms with Crippen LogP contribution in [0.2, 0.25) is 0 Å². The molecule has 2 heteroatoms. The minimum atomic E-state index is 0.662. The third-order valence-corrected chi connectivity index (χ3v) is 5.10. The Balaban J connectivity index is 2.01. The highest BCUT2D eigenvalue weighted by molar-refractivity contribution is 7.99. The molecule has 1 nitrogen and oxygen atoms in total. The summed E-state index contributed by atoms with van der Waals surface area (Å²) in [5.41, 5.74) is 1.33. The van der Waals surface area contributed by atoms with E-state index < -0.39 is 0 Å². The maximum Gasteiger partial charge on any atom is 0.0480 e. The van der Waals surface area contributed by atoms with Crippen molar-refractivity contribution in [3.63, 3.8) is 0 Å². The molecular weight excluding hydrogens is 238 g/mol. The SMILES string of the molecule is CCSc1ccccc1NC1CCC(C)C(C)C1. The maximum absolute atomic E-state index is 3.76. The number of rotatable bonds is 4. The molecule has 1 N–H and O–H groups in total. The molecular formula is C16H25NS. The first-order valence-electron chi connectivity index (χ1n) is 7.19. The molecule has 3 unspecified atom stereocenters. The molecule has 1 aliphatic carbocycles. The van der Waals surface area contributed by atoms with Gasteiger partial charge in [0.05, 0.1) is 0 Å². The number of nitrogens with one attached hydrogen (secondary N) is 1. The summed E-state index contributed by atoms with van der Waals surface area (Å²) < 4.78 is 0. The van der Waals surface area contributed by atoms with Gasteiger partial charge in [-0.15, -0.1) is 11.8 Å². The van der Waals surface area contributed by atoms with Crippen LogP contribution in [0.3, 0.4) is 0 Å². The van der Waals surface area contributed by atoms with Gasteiger partial charge in [0.15, 0.2) is 0 Å². The Hall–Kier alpha value is -0.630. The molecule has 18 heavy (non-hydrogen) atoms. The van der Waals surface area contributed by atoms with E-state index in [-0.39, 0.29) is 0 Å². The van der Waals surface area contributed by atoms with Gasteiger partial charge >= 0.3 is 0 Å². The van der Waals surface area contributed by atoms with E-state index in [2.05, 4.69) is 50.4 Å². The van der Waals surface area contributed by atoms with E-state index >= 15 is 0 Å². The predicted molar refractivity (Wildman–Crippen MR) is 82.4 cm³/mol. The van der Waals surface area contributed by atoms with Crippen molar-refractivity contribution in [2.75, 3.05) is 11.1 Å². The van der Waals surface area contributed by atoms with Gasteiger partial charge in [0.1, 0.15) is 0 Å². The number of para-hydroxylation sites is 1. The van der Waals surface area contributed by atoms with Crippen molar-refractivity contribution in [1.82, 2.24) is 0 Å². The van der Waals surface area contributed by atoms with Crippen LogP contribution in [0.25, 0.3) is 0 Å². The van der Waals surface area contributed by atoms with Gasteiger partial charge in [-0.1, -0.05) is 32.9 Å². The quantitative estimate of drug-likeness (QED) is 0.764. The van der Waals surface area contributed by atoms with Gasteiger partial charge in [-0.2, -0.15) is 0 Å². The molecule has 0 amide bonds. The smallest absolute Gasteiger partial charge is 0.0480 e. The molecule has 1 saturated carbocycles. The van der Waals surface area contributed by atoms with Gasteiger partial charge in [0.2, 0.25) is 0 Å². The minimum Gasteiger partial charge on any atom is -0.381 e. The van der Waals surface area contributed by atoms with Gasteiger partial charge in [-0.25, -0.2) is 0 Å². The zero-order chi connectivity index (χ0) is 13.0. The highest BCUT2D eigenvalue weighted by Gasteiger charge is 2.24. The molecule has 1 aromatic rings. The van der Waals surface area contributed by atoms with E-state index in [1.54, 1.807) is 0 Å². The van der Waals surface area contributed by atoms with E-state index in [1.165, 1.54) is 29.8 Å². The third-order valence-electron chi connectivity index (χ3n) is 4.14. The van der Waals surface area contributed by atoms with Crippen molar-refractivity contribution in [3.05, 3.63) is 24.3 Å². The topological polar surface area (TPSA) is 12.0 Å². The lowest BCUT2D eigenvalue weighted by Crippen LogP contribution is -2.30. The average molecular weight is 263 g/mol. The molecule has 3 atom stereocenters. The van der Waals surface area contributed by atoms with Crippen molar-refractivity contribution < 1.29 is 0 Å². The van der Waals surface area contributed by atoms with E-state index in [4.69, 9.17) is 0 Å². The van der Waals surface area contributed by atoms with Gasteiger partial charge < -0.3 is 5.32 Å². The number of anilines is 1. The fraction of sp³-hybridized carbons (Fsp3) is 0.625. The zero-order valence-corrected chi connectivity index (χ0v) is 12.6. The lowest BCUT2D eigenvalue weighted by molar-refractivity contribution is 0.260. The molecule has 0 saturated heterocycles. The first-order chi connectivity index (χ1) is 8.70. The predicted octanol–water partition coefficient (Wildman–Crippen LogP) is 5.04. The van der Waals surface area contributed by atoms with Gasteiger partial charge in [-0.05, 0) is 49.0 Å². The van der Waals surface area contributed by atoms with E-state index in [1.807, 2.05) is 11.8 Å². The van der Waals surface area contributed by atoms with Crippen molar-refractivity contribution >= 4 is 17.4 Å². The Morgan fingerprint density at radius 3 is 2.67 bits per heavy atom. The largest absolute Gasteiger partial charge is 0.381 e. The Kier molecular flexibility index (Phi) is 4.99. The zero-order valence-electron chi connectivity index (χ0n) is 11.8. The molecule has 0 bridgehead atoms. The molecule has 0 aliphatic heterocycles. The molecule has 100 valence electrons. The normalized spacial score (nSPS) is 28.1. The average Bonchev–Trinajstić information content (AvgIpc) is 2.37. The molecule has 2 rings (SSSR count). The van der Waals surface area contributed by atoms with Gasteiger partial charge in [0.25, 0.3) is 0 Å². The van der Waals surface area contributed by atoms with Crippen LogP contribution in [0.4, 0.5) is 5.69 Å². The summed E-state index contributed by atoms with van der Waals surface area (Å²) in [6.45, 7) is 7.00. The highest BCUT2D eigenvalue weighted by atomic mass is 32.2. The minimum absolute atomic E-state index is 0.662. The maximum atomic E-state index is 3.76. The highest BCUT2D eigenvalue weighted by Crippen LogP contribution is 2.33. The molecule has 0 radical (unpaired) electrons. The monoisotopic (exact) mass is 263 g/mol. The second kappa shape index (κ2) is 6.51. The lowest BCUT2D eigenvalue weighted by atomic mass is 9.79. The lowest BCUT2D eigenvalue weighted by Gasteiger charge is -2.33. The van der Waals surface area contributed by atoms with Gasteiger partial charge in [-0.3, -0.25) is 0 Å². The summed E-state index contributed by atoms with van der Waals surface area (Å²) >= 11 is 1.93. The summed E-state index contributed by atoms with van der Waals surface area (Å²) in [6.07, 6.45) is 3.99. The van der Waals surface area contributed by atoms with Crippen molar-refractivity contribution in [3.8, 4) is 0 Å². The molecule has 0 aromatic heterocycles. The number of hydrogen-bond acceptors (Lipinski definition) is 2. The van der Waals surface area contributed by atoms with E-state index in [0.29, 0.717) is 6.04 Å².